The van der Waals surface area contributed by atoms with E-state index in [9.17, 15) is 4.79 Å². The lowest BCUT2D eigenvalue weighted by atomic mass is 9.98. The van der Waals surface area contributed by atoms with Crippen molar-refractivity contribution >= 4 is 5.97 Å². The molecule has 20 heavy (non-hydrogen) atoms. The number of hydrogen-bond donors (Lipinski definition) is 0. The SMILES string of the molecule is CCC(C)c1ccccc1OCCC(=O)OC(C)(C)C. The van der Waals surface area contributed by atoms with Gasteiger partial charge in [-0.05, 0) is 44.7 Å². The molecule has 3 nitrogen and oxygen atoms in total. The molecular weight excluding hydrogens is 252 g/mol. The van der Waals surface area contributed by atoms with Crippen LogP contribution < -0.4 is 4.74 Å². The van der Waals surface area contributed by atoms with Crippen molar-refractivity contribution in [3.8, 4) is 5.75 Å². The molecule has 0 saturated heterocycles. The van der Waals surface area contributed by atoms with Crippen LogP contribution in [0, 0.1) is 0 Å². The molecule has 0 aliphatic rings. The van der Waals surface area contributed by atoms with Crippen LogP contribution in [0.4, 0.5) is 0 Å². The summed E-state index contributed by atoms with van der Waals surface area (Å²) in [4.78, 5) is 11.6. The Hall–Kier alpha value is -1.51. The maximum Gasteiger partial charge on any atom is 0.309 e. The van der Waals surface area contributed by atoms with Gasteiger partial charge in [-0.2, -0.15) is 0 Å². The number of carbonyl (C=O) groups is 1. The molecule has 0 radical (unpaired) electrons. The van der Waals surface area contributed by atoms with Gasteiger partial charge in [0.25, 0.3) is 0 Å². The molecule has 0 amide bonds. The van der Waals surface area contributed by atoms with E-state index in [1.807, 2.05) is 39.0 Å². The Labute approximate surface area is 122 Å². The molecule has 0 heterocycles. The maximum absolute atomic E-state index is 11.6. The van der Waals surface area contributed by atoms with E-state index >= 15 is 0 Å². The van der Waals surface area contributed by atoms with Crippen LogP contribution in [0.3, 0.4) is 0 Å². The lowest BCUT2D eigenvalue weighted by Gasteiger charge is -2.20. The van der Waals surface area contributed by atoms with Crippen molar-refractivity contribution in [1.29, 1.82) is 0 Å². The average molecular weight is 278 g/mol. The van der Waals surface area contributed by atoms with Crippen molar-refractivity contribution in [3.63, 3.8) is 0 Å². The molecule has 0 aliphatic carbocycles. The Bertz CT molecular complexity index is 432. The normalized spacial score (nSPS) is 12.8. The molecular formula is C17H26O3. The quantitative estimate of drug-likeness (QED) is 0.727. The van der Waals surface area contributed by atoms with Crippen molar-refractivity contribution in [1.82, 2.24) is 0 Å². The molecule has 0 fully saturated rings. The summed E-state index contributed by atoms with van der Waals surface area (Å²) in [5.41, 5.74) is 0.755. The van der Waals surface area contributed by atoms with Gasteiger partial charge in [0.1, 0.15) is 11.4 Å². The highest BCUT2D eigenvalue weighted by atomic mass is 16.6. The van der Waals surface area contributed by atoms with Gasteiger partial charge in [0, 0.05) is 0 Å². The Morgan fingerprint density at radius 2 is 1.90 bits per heavy atom. The van der Waals surface area contributed by atoms with Crippen molar-refractivity contribution < 1.29 is 14.3 Å². The van der Waals surface area contributed by atoms with Gasteiger partial charge in [0.05, 0.1) is 13.0 Å². The molecule has 0 aromatic heterocycles. The van der Waals surface area contributed by atoms with Crippen LogP contribution in [-0.4, -0.2) is 18.2 Å². The third-order valence-electron chi connectivity index (χ3n) is 3.05. The maximum atomic E-state index is 11.6. The van der Waals surface area contributed by atoms with E-state index in [2.05, 4.69) is 19.9 Å². The van der Waals surface area contributed by atoms with Crippen LogP contribution in [0.25, 0.3) is 0 Å². The zero-order chi connectivity index (χ0) is 15.2. The highest BCUT2D eigenvalue weighted by Gasteiger charge is 2.16. The molecule has 3 heteroatoms. The number of carbonyl (C=O) groups excluding carboxylic acids is 1. The predicted octanol–water partition coefficient (Wildman–Crippen LogP) is 4.31. The lowest BCUT2D eigenvalue weighted by molar-refractivity contribution is -0.155. The number of hydrogen-bond acceptors (Lipinski definition) is 3. The minimum Gasteiger partial charge on any atom is -0.493 e. The van der Waals surface area contributed by atoms with Crippen LogP contribution in [0.2, 0.25) is 0 Å². The highest BCUT2D eigenvalue weighted by molar-refractivity contribution is 5.70. The lowest BCUT2D eigenvalue weighted by Crippen LogP contribution is -2.24. The highest BCUT2D eigenvalue weighted by Crippen LogP contribution is 2.28. The van der Waals surface area contributed by atoms with Crippen LogP contribution in [0.15, 0.2) is 24.3 Å². The molecule has 0 aliphatic heterocycles. The van der Waals surface area contributed by atoms with Gasteiger partial charge < -0.3 is 9.47 Å². The van der Waals surface area contributed by atoms with Gasteiger partial charge in [-0.15, -0.1) is 0 Å². The second-order valence-corrected chi connectivity index (χ2v) is 6.03. The van der Waals surface area contributed by atoms with Crippen LogP contribution in [0.5, 0.6) is 5.75 Å². The van der Waals surface area contributed by atoms with E-state index in [1.54, 1.807) is 0 Å². The fraction of sp³-hybridized carbons (Fsp3) is 0.588. The summed E-state index contributed by atoms with van der Waals surface area (Å²) in [5.74, 6) is 1.09. The minimum absolute atomic E-state index is 0.224. The van der Waals surface area contributed by atoms with E-state index in [4.69, 9.17) is 9.47 Å². The van der Waals surface area contributed by atoms with Crippen molar-refractivity contribution in [2.24, 2.45) is 0 Å². The first-order chi connectivity index (χ1) is 9.33. The molecule has 1 aromatic carbocycles. The number of rotatable bonds is 6. The number of ether oxygens (including phenoxy) is 2. The third kappa shape index (κ3) is 5.64. The van der Waals surface area contributed by atoms with Crippen LogP contribution >= 0.6 is 0 Å². The van der Waals surface area contributed by atoms with E-state index in [1.165, 1.54) is 5.56 Å². The summed E-state index contributed by atoms with van der Waals surface area (Å²) < 4.78 is 11.0. The minimum atomic E-state index is -0.439. The van der Waals surface area contributed by atoms with Crippen molar-refractivity contribution in [2.75, 3.05) is 6.61 Å². The zero-order valence-electron chi connectivity index (χ0n) is 13.2. The summed E-state index contributed by atoms with van der Waals surface area (Å²) in [6, 6.07) is 8.00. The molecule has 1 rings (SSSR count). The van der Waals surface area contributed by atoms with Crippen molar-refractivity contribution in [3.05, 3.63) is 29.8 Å². The van der Waals surface area contributed by atoms with Gasteiger partial charge in [-0.1, -0.05) is 32.0 Å². The topological polar surface area (TPSA) is 35.5 Å². The standard InChI is InChI=1S/C17H26O3/c1-6-13(2)14-9-7-8-10-15(14)19-12-11-16(18)20-17(3,4)5/h7-10,13H,6,11-12H2,1-5H3. The van der Waals surface area contributed by atoms with Crippen LogP contribution in [0.1, 0.15) is 58.9 Å². The Balaban J connectivity index is 2.52. The second kappa shape index (κ2) is 7.32. The van der Waals surface area contributed by atoms with E-state index in [0.29, 0.717) is 12.5 Å². The summed E-state index contributed by atoms with van der Waals surface area (Å²) in [6.07, 6.45) is 1.33. The molecule has 1 unspecified atom stereocenters. The van der Waals surface area contributed by atoms with E-state index in [0.717, 1.165) is 12.2 Å². The van der Waals surface area contributed by atoms with Gasteiger partial charge in [-0.25, -0.2) is 0 Å². The molecule has 1 atom stereocenters. The zero-order valence-corrected chi connectivity index (χ0v) is 13.2. The number of esters is 1. The number of para-hydroxylation sites is 1. The first-order valence-corrected chi connectivity index (χ1v) is 7.27. The molecule has 0 saturated carbocycles. The Kier molecular flexibility index (Phi) is 6.05. The Morgan fingerprint density at radius 3 is 2.50 bits per heavy atom. The van der Waals surface area contributed by atoms with Gasteiger partial charge in [0.15, 0.2) is 0 Å². The van der Waals surface area contributed by atoms with Gasteiger partial charge in [0.2, 0.25) is 0 Å². The second-order valence-electron chi connectivity index (χ2n) is 6.03. The third-order valence-corrected chi connectivity index (χ3v) is 3.05. The summed E-state index contributed by atoms with van der Waals surface area (Å²) in [6.45, 7) is 10.3. The molecule has 0 spiro atoms. The largest absolute Gasteiger partial charge is 0.493 e. The predicted molar refractivity (Wildman–Crippen MR) is 81.1 cm³/mol. The number of benzene rings is 1. The van der Waals surface area contributed by atoms with E-state index < -0.39 is 5.60 Å². The molecule has 112 valence electrons. The summed E-state index contributed by atoms with van der Waals surface area (Å²) in [7, 11) is 0. The average Bonchev–Trinajstić information content (AvgIpc) is 2.36. The van der Waals surface area contributed by atoms with Gasteiger partial charge in [-0.3, -0.25) is 4.79 Å². The van der Waals surface area contributed by atoms with Crippen molar-refractivity contribution in [2.45, 2.75) is 59.0 Å². The first-order valence-electron chi connectivity index (χ1n) is 7.27. The monoisotopic (exact) mass is 278 g/mol. The smallest absolute Gasteiger partial charge is 0.309 e. The molecule has 0 N–H and O–H groups in total. The molecule has 1 aromatic rings. The Morgan fingerprint density at radius 1 is 1.25 bits per heavy atom. The fourth-order valence-corrected chi connectivity index (χ4v) is 1.88. The van der Waals surface area contributed by atoms with E-state index in [-0.39, 0.29) is 12.4 Å². The summed E-state index contributed by atoms with van der Waals surface area (Å²) >= 11 is 0. The molecule has 0 bridgehead atoms. The first kappa shape index (κ1) is 16.5. The van der Waals surface area contributed by atoms with Crippen LogP contribution in [-0.2, 0) is 9.53 Å². The summed E-state index contributed by atoms with van der Waals surface area (Å²) in [5, 5.41) is 0. The van der Waals surface area contributed by atoms with Gasteiger partial charge >= 0.3 is 5.97 Å². The fourth-order valence-electron chi connectivity index (χ4n) is 1.88.